The molecule has 1 aromatic rings. The number of likely N-dealkylation sites (tertiary alicyclic amines) is 1. The maximum atomic E-state index is 12.4. The Balaban J connectivity index is 2.07. The summed E-state index contributed by atoms with van der Waals surface area (Å²) >= 11 is 0. The molecule has 0 spiro atoms. The second kappa shape index (κ2) is 6.58. The van der Waals surface area contributed by atoms with Crippen molar-refractivity contribution in [3.8, 4) is 0 Å². The molecule has 0 saturated carbocycles. The third-order valence-corrected chi connectivity index (χ3v) is 3.85. The number of aliphatic carboxylic acids is 1. The van der Waals surface area contributed by atoms with Crippen LogP contribution in [-0.4, -0.2) is 40.5 Å². The van der Waals surface area contributed by atoms with Crippen molar-refractivity contribution in [2.45, 2.75) is 38.3 Å². The van der Waals surface area contributed by atoms with Gasteiger partial charge < -0.3 is 16.2 Å². The lowest BCUT2D eigenvalue weighted by Crippen LogP contribution is -2.48. The number of hydrogen-bond donors (Lipinski definition) is 3. The molecule has 1 saturated heterocycles. The third kappa shape index (κ3) is 3.52. The van der Waals surface area contributed by atoms with Crippen molar-refractivity contribution in [3.63, 3.8) is 0 Å². The summed E-state index contributed by atoms with van der Waals surface area (Å²) in [5.41, 5.74) is 6.90. The Morgan fingerprint density at radius 3 is 2.67 bits per heavy atom. The summed E-state index contributed by atoms with van der Waals surface area (Å²) in [5.74, 6) is -1.03. The van der Waals surface area contributed by atoms with Crippen molar-refractivity contribution in [1.82, 2.24) is 4.90 Å². The fraction of sp³-hybridized carbons (Fsp3) is 0.467. The molecule has 1 heterocycles. The van der Waals surface area contributed by atoms with E-state index in [1.807, 2.05) is 6.92 Å². The summed E-state index contributed by atoms with van der Waals surface area (Å²) in [4.78, 5) is 25.5. The first kappa shape index (κ1) is 15.3. The monoisotopic (exact) mass is 291 g/mol. The average molecular weight is 291 g/mol. The van der Waals surface area contributed by atoms with Crippen molar-refractivity contribution < 1.29 is 14.7 Å². The lowest BCUT2D eigenvalue weighted by atomic mass is 10.1. The molecule has 1 aromatic carbocycles. The molecule has 1 aliphatic rings. The van der Waals surface area contributed by atoms with Crippen LogP contribution in [0.3, 0.4) is 0 Å². The maximum Gasteiger partial charge on any atom is 0.320 e. The summed E-state index contributed by atoms with van der Waals surface area (Å²) in [5, 5.41) is 12.1. The Bertz CT molecular complexity index is 515. The smallest absolute Gasteiger partial charge is 0.320 e. The van der Waals surface area contributed by atoms with E-state index < -0.39 is 18.1 Å². The molecule has 0 radical (unpaired) electrons. The number of benzene rings is 1. The summed E-state index contributed by atoms with van der Waals surface area (Å²) in [6, 6.07) is 5.91. The molecule has 4 N–H and O–H groups in total. The van der Waals surface area contributed by atoms with Gasteiger partial charge in [-0.15, -0.1) is 0 Å². The van der Waals surface area contributed by atoms with Gasteiger partial charge in [-0.3, -0.25) is 14.5 Å². The molecule has 6 heteroatoms. The molecule has 0 aliphatic carbocycles. The Morgan fingerprint density at radius 2 is 2.10 bits per heavy atom. The number of carboxylic acids is 1. The fourth-order valence-corrected chi connectivity index (χ4v) is 2.79. The highest BCUT2D eigenvalue weighted by Crippen LogP contribution is 2.23. The largest absolute Gasteiger partial charge is 0.480 e. The molecule has 1 fully saturated rings. The predicted molar refractivity (Wildman–Crippen MR) is 80.9 cm³/mol. The maximum absolute atomic E-state index is 12.4. The molecule has 21 heavy (non-hydrogen) atoms. The van der Waals surface area contributed by atoms with E-state index in [-0.39, 0.29) is 5.91 Å². The first-order valence-corrected chi connectivity index (χ1v) is 7.18. The van der Waals surface area contributed by atoms with Crippen LogP contribution in [0.25, 0.3) is 0 Å². The minimum atomic E-state index is -0.855. The van der Waals surface area contributed by atoms with Gasteiger partial charge in [0, 0.05) is 11.4 Å². The van der Waals surface area contributed by atoms with Crippen molar-refractivity contribution in [1.29, 1.82) is 0 Å². The van der Waals surface area contributed by atoms with E-state index in [4.69, 9.17) is 5.73 Å². The summed E-state index contributed by atoms with van der Waals surface area (Å²) < 4.78 is 0. The molecular weight excluding hydrogens is 270 g/mol. The molecule has 6 nitrogen and oxygen atoms in total. The van der Waals surface area contributed by atoms with Crippen molar-refractivity contribution in [2.24, 2.45) is 0 Å². The zero-order valence-electron chi connectivity index (χ0n) is 12.1. The quantitative estimate of drug-likeness (QED) is 0.715. The van der Waals surface area contributed by atoms with Gasteiger partial charge in [0.15, 0.2) is 0 Å². The number of nitrogens with one attached hydrogen (secondary N) is 1. The Labute approximate surface area is 123 Å². The summed E-state index contributed by atoms with van der Waals surface area (Å²) in [7, 11) is 0. The predicted octanol–water partition coefficient (Wildman–Crippen LogP) is 1.53. The van der Waals surface area contributed by atoms with Crippen molar-refractivity contribution in [3.05, 3.63) is 24.3 Å². The Morgan fingerprint density at radius 1 is 1.43 bits per heavy atom. The second-order valence-corrected chi connectivity index (χ2v) is 5.27. The van der Waals surface area contributed by atoms with Crippen LogP contribution in [0.2, 0.25) is 0 Å². The van der Waals surface area contributed by atoms with Gasteiger partial charge in [0.1, 0.15) is 6.04 Å². The van der Waals surface area contributed by atoms with Gasteiger partial charge >= 0.3 is 5.97 Å². The van der Waals surface area contributed by atoms with Gasteiger partial charge in [0.05, 0.1) is 6.04 Å². The van der Waals surface area contributed by atoms with E-state index in [2.05, 4.69) is 5.32 Å². The minimum absolute atomic E-state index is 0.171. The van der Waals surface area contributed by atoms with Crippen LogP contribution in [0.5, 0.6) is 0 Å². The number of carboxylic acid groups (broad SMARTS) is 1. The van der Waals surface area contributed by atoms with Crippen molar-refractivity contribution >= 4 is 23.3 Å². The van der Waals surface area contributed by atoms with Gasteiger partial charge in [-0.2, -0.15) is 0 Å². The van der Waals surface area contributed by atoms with E-state index in [9.17, 15) is 14.7 Å². The molecule has 0 aromatic heterocycles. The van der Waals surface area contributed by atoms with E-state index >= 15 is 0 Å². The molecule has 0 bridgehead atoms. The molecule has 2 rings (SSSR count). The average Bonchev–Trinajstić information content (AvgIpc) is 2.91. The standard InChI is InChI=1S/C15H21N3O3/c1-2-12(18-9-3-4-13(18)15(20)21)14(19)17-11-7-5-10(16)6-8-11/h5-8,12-13H,2-4,9,16H2,1H3,(H,17,19)(H,20,21). The number of carbonyl (C=O) groups excluding carboxylic acids is 1. The number of rotatable bonds is 5. The van der Waals surface area contributed by atoms with Gasteiger partial charge in [0.2, 0.25) is 5.91 Å². The van der Waals surface area contributed by atoms with Crippen LogP contribution in [-0.2, 0) is 9.59 Å². The van der Waals surface area contributed by atoms with Crippen LogP contribution in [0.15, 0.2) is 24.3 Å². The molecule has 2 unspecified atom stereocenters. The number of hydrogen-bond acceptors (Lipinski definition) is 4. The second-order valence-electron chi connectivity index (χ2n) is 5.27. The number of nitrogens with zero attached hydrogens (tertiary/aromatic N) is 1. The lowest BCUT2D eigenvalue weighted by molar-refractivity contribution is -0.143. The van der Waals surface area contributed by atoms with Crippen LogP contribution in [0, 0.1) is 0 Å². The number of amides is 1. The van der Waals surface area contributed by atoms with Crippen molar-refractivity contribution in [2.75, 3.05) is 17.6 Å². The van der Waals surface area contributed by atoms with Gasteiger partial charge in [-0.05, 0) is 50.1 Å². The van der Waals surface area contributed by atoms with Crippen LogP contribution < -0.4 is 11.1 Å². The Hall–Kier alpha value is -2.08. The number of carbonyl (C=O) groups is 2. The lowest BCUT2D eigenvalue weighted by Gasteiger charge is -2.29. The first-order chi connectivity index (χ1) is 10.0. The van der Waals surface area contributed by atoms with Gasteiger partial charge in [-0.25, -0.2) is 0 Å². The minimum Gasteiger partial charge on any atom is -0.480 e. The molecule has 1 amide bonds. The third-order valence-electron chi connectivity index (χ3n) is 3.85. The van der Waals surface area contributed by atoms with E-state index in [0.717, 1.165) is 6.42 Å². The molecule has 114 valence electrons. The highest BCUT2D eigenvalue weighted by molar-refractivity contribution is 5.95. The molecular formula is C15H21N3O3. The van der Waals surface area contributed by atoms with Gasteiger partial charge in [0.25, 0.3) is 0 Å². The topological polar surface area (TPSA) is 95.7 Å². The van der Waals surface area contributed by atoms with Gasteiger partial charge in [-0.1, -0.05) is 6.92 Å². The zero-order chi connectivity index (χ0) is 15.4. The molecule has 1 aliphatic heterocycles. The highest BCUT2D eigenvalue weighted by atomic mass is 16.4. The molecule has 2 atom stereocenters. The summed E-state index contributed by atoms with van der Waals surface area (Å²) in [6.07, 6.45) is 1.98. The zero-order valence-corrected chi connectivity index (χ0v) is 12.1. The summed E-state index contributed by atoms with van der Waals surface area (Å²) in [6.45, 7) is 2.54. The van der Waals surface area contributed by atoms with E-state index in [1.54, 1.807) is 29.2 Å². The Kier molecular flexibility index (Phi) is 4.80. The normalized spacial score (nSPS) is 20.1. The fourth-order valence-electron chi connectivity index (χ4n) is 2.79. The van der Waals surface area contributed by atoms with Crippen LogP contribution in [0.1, 0.15) is 26.2 Å². The van der Waals surface area contributed by atoms with E-state index in [0.29, 0.717) is 30.8 Å². The number of nitrogen functional groups attached to an aromatic ring is 1. The SMILES string of the molecule is CCC(C(=O)Nc1ccc(N)cc1)N1CCCC1C(=O)O. The van der Waals surface area contributed by atoms with Crippen LogP contribution >= 0.6 is 0 Å². The number of anilines is 2. The number of nitrogens with two attached hydrogens (primary N) is 1. The highest BCUT2D eigenvalue weighted by Gasteiger charge is 2.37. The van der Waals surface area contributed by atoms with E-state index in [1.165, 1.54) is 0 Å². The van der Waals surface area contributed by atoms with Crippen LogP contribution in [0.4, 0.5) is 11.4 Å². The first-order valence-electron chi connectivity index (χ1n) is 7.18.